The summed E-state index contributed by atoms with van der Waals surface area (Å²) in [5.41, 5.74) is 3.04. The quantitative estimate of drug-likeness (QED) is 0.584. The Morgan fingerprint density at radius 1 is 0.935 bits per heavy atom. The normalized spacial score (nSPS) is 16.2. The summed E-state index contributed by atoms with van der Waals surface area (Å²) in [5.74, 6) is 1.41. The average molecular weight is 423 g/mol. The standard InChI is InChI=1S/C25H30N2O4/c1-6-30-24(28)21-22(16(4)5)26-25(29)27-23(21)18-9-13-20(14-10-18)31-19-11-7-17(8-12-19)15(2)3/h7-16,23H,6H2,1-5H3,(H2,26,27,29). The fraction of sp³-hybridized carbons (Fsp3) is 0.360. The van der Waals surface area contributed by atoms with Crippen LogP contribution in [0.5, 0.6) is 11.5 Å². The number of allylic oxidation sites excluding steroid dienone is 1. The van der Waals surface area contributed by atoms with Crippen LogP contribution < -0.4 is 15.4 Å². The van der Waals surface area contributed by atoms with Crippen LogP contribution >= 0.6 is 0 Å². The highest BCUT2D eigenvalue weighted by molar-refractivity contribution is 5.95. The largest absolute Gasteiger partial charge is 0.463 e. The summed E-state index contributed by atoms with van der Waals surface area (Å²) in [6, 6.07) is 14.5. The topological polar surface area (TPSA) is 76.7 Å². The van der Waals surface area contributed by atoms with Gasteiger partial charge in [0.2, 0.25) is 0 Å². The molecule has 2 N–H and O–H groups in total. The van der Waals surface area contributed by atoms with Gasteiger partial charge in [0.15, 0.2) is 0 Å². The highest BCUT2D eigenvalue weighted by Gasteiger charge is 2.34. The van der Waals surface area contributed by atoms with E-state index < -0.39 is 12.0 Å². The van der Waals surface area contributed by atoms with Crippen molar-refractivity contribution >= 4 is 12.0 Å². The van der Waals surface area contributed by atoms with E-state index in [0.29, 0.717) is 22.9 Å². The first-order valence-electron chi connectivity index (χ1n) is 10.7. The van der Waals surface area contributed by atoms with Crippen molar-refractivity contribution in [3.05, 3.63) is 70.9 Å². The molecular formula is C25H30N2O4. The zero-order valence-corrected chi connectivity index (χ0v) is 18.7. The summed E-state index contributed by atoms with van der Waals surface area (Å²) in [6.45, 7) is 10.2. The van der Waals surface area contributed by atoms with Gasteiger partial charge in [0.25, 0.3) is 0 Å². The van der Waals surface area contributed by atoms with E-state index in [0.717, 1.165) is 11.3 Å². The van der Waals surface area contributed by atoms with E-state index >= 15 is 0 Å². The Hall–Kier alpha value is -3.28. The monoisotopic (exact) mass is 422 g/mol. The minimum atomic E-state index is -0.593. The molecule has 0 saturated heterocycles. The maximum absolute atomic E-state index is 12.7. The Morgan fingerprint density at radius 2 is 1.52 bits per heavy atom. The average Bonchev–Trinajstić information content (AvgIpc) is 2.74. The lowest BCUT2D eigenvalue weighted by molar-refractivity contribution is -0.139. The van der Waals surface area contributed by atoms with Gasteiger partial charge in [-0.25, -0.2) is 9.59 Å². The first-order valence-corrected chi connectivity index (χ1v) is 10.7. The molecule has 0 spiro atoms. The van der Waals surface area contributed by atoms with Crippen molar-refractivity contribution in [2.24, 2.45) is 5.92 Å². The molecule has 31 heavy (non-hydrogen) atoms. The van der Waals surface area contributed by atoms with E-state index in [-0.39, 0.29) is 18.6 Å². The second kappa shape index (κ2) is 9.69. The molecule has 1 aliphatic rings. The van der Waals surface area contributed by atoms with Gasteiger partial charge in [0.05, 0.1) is 18.2 Å². The number of hydrogen-bond acceptors (Lipinski definition) is 4. The van der Waals surface area contributed by atoms with Crippen LogP contribution in [0.1, 0.15) is 57.7 Å². The van der Waals surface area contributed by atoms with Crippen LogP contribution in [0.2, 0.25) is 0 Å². The Morgan fingerprint density at radius 3 is 2.03 bits per heavy atom. The highest BCUT2D eigenvalue weighted by atomic mass is 16.5. The molecule has 1 atom stereocenters. The number of rotatable bonds is 7. The number of carbonyl (C=O) groups is 2. The predicted molar refractivity (Wildman–Crippen MR) is 120 cm³/mol. The van der Waals surface area contributed by atoms with E-state index in [1.165, 1.54) is 5.56 Å². The summed E-state index contributed by atoms with van der Waals surface area (Å²) < 4.78 is 11.2. The van der Waals surface area contributed by atoms with Crippen molar-refractivity contribution < 1.29 is 19.1 Å². The van der Waals surface area contributed by atoms with Gasteiger partial charge >= 0.3 is 12.0 Å². The van der Waals surface area contributed by atoms with Crippen molar-refractivity contribution in [3.8, 4) is 11.5 Å². The molecule has 3 rings (SSSR count). The number of esters is 1. The van der Waals surface area contributed by atoms with E-state index in [2.05, 4.69) is 36.6 Å². The molecule has 2 aromatic rings. The molecule has 6 heteroatoms. The van der Waals surface area contributed by atoms with Gasteiger partial charge in [-0.15, -0.1) is 0 Å². The Kier molecular flexibility index (Phi) is 7.00. The van der Waals surface area contributed by atoms with Crippen molar-refractivity contribution in [3.63, 3.8) is 0 Å². The van der Waals surface area contributed by atoms with Gasteiger partial charge in [0.1, 0.15) is 11.5 Å². The van der Waals surface area contributed by atoms with Crippen molar-refractivity contribution in [2.45, 2.75) is 46.6 Å². The zero-order valence-electron chi connectivity index (χ0n) is 18.7. The zero-order chi connectivity index (χ0) is 22.5. The summed E-state index contributed by atoms with van der Waals surface area (Å²) in [7, 11) is 0. The minimum absolute atomic E-state index is 0.0376. The van der Waals surface area contributed by atoms with Gasteiger partial charge in [-0.05, 0) is 54.2 Å². The van der Waals surface area contributed by atoms with E-state index in [1.54, 1.807) is 6.92 Å². The highest BCUT2D eigenvalue weighted by Crippen LogP contribution is 2.32. The van der Waals surface area contributed by atoms with Gasteiger partial charge < -0.3 is 20.1 Å². The van der Waals surface area contributed by atoms with Crippen LogP contribution in [0.25, 0.3) is 0 Å². The number of hydrogen-bond donors (Lipinski definition) is 2. The molecular weight excluding hydrogens is 392 g/mol. The molecule has 0 aliphatic carbocycles. The lowest BCUT2D eigenvalue weighted by Crippen LogP contribution is -2.47. The lowest BCUT2D eigenvalue weighted by Gasteiger charge is -2.31. The number of nitrogens with one attached hydrogen (secondary N) is 2. The first kappa shape index (κ1) is 22.4. The third-order valence-corrected chi connectivity index (χ3v) is 5.17. The third-order valence-electron chi connectivity index (χ3n) is 5.17. The lowest BCUT2D eigenvalue weighted by atomic mass is 9.91. The number of benzene rings is 2. The van der Waals surface area contributed by atoms with Crippen LogP contribution in [0.15, 0.2) is 59.8 Å². The Balaban J connectivity index is 1.86. The second-order valence-electron chi connectivity index (χ2n) is 8.13. The SMILES string of the molecule is CCOC(=O)C1=C(C(C)C)NC(=O)NC1c1ccc(Oc2ccc(C(C)C)cc2)cc1. The Bertz CT molecular complexity index is 960. The number of urea groups is 1. The molecule has 0 aromatic heterocycles. The molecule has 0 saturated carbocycles. The molecule has 2 aromatic carbocycles. The van der Waals surface area contributed by atoms with Crippen LogP contribution in [-0.2, 0) is 9.53 Å². The van der Waals surface area contributed by atoms with Gasteiger partial charge in [0, 0.05) is 5.70 Å². The fourth-order valence-corrected chi connectivity index (χ4v) is 3.51. The predicted octanol–water partition coefficient (Wildman–Crippen LogP) is 5.43. The summed E-state index contributed by atoms with van der Waals surface area (Å²) >= 11 is 0. The van der Waals surface area contributed by atoms with Crippen molar-refractivity contribution in [1.29, 1.82) is 0 Å². The summed E-state index contributed by atoms with van der Waals surface area (Å²) in [5, 5.41) is 5.61. The molecule has 0 bridgehead atoms. The number of carbonyl (C=O) groups excluding carboxylic acids is 2. The van der Waals surface area contributed by atoms with Gasteiger partial charge in [-0.3, -0.25) is 0 Å². The maximum Gasteiger partial charge on any atom is 0.338 e. The van der Waals surface area contributed by atoms with E-state index in [1.807, 2.05) is 50.2 Å². The summed E-state index contributed by atoms with van der Waals surface area (Å²) in [4.78, 5) is 24.9. The van der Waals surface area contributed by atoms with Crippen LogP contribution in [0.3, 0.4) is 0 Å². The molecule has 2 amide bonds. The molecule has 0 fully saturated rings. The van der Waals surface area contributed by atoms with Gasteiger partial charge in [-0.2, -0.15) is 0 Å². The second-order valence-corrected chi connectivity index (χ2v) is 8.13. The van der Waals surface area contributed by atoms with E-state index in [4.69, 9.17) is 9.47 Å². The molecule has 1 aliphatic heterocycles. The number of amides is 2. The number of ether oxygens (including phenoxy) is 2. The molecule has 164 valence electrons. The molecule has 1 unspecified atom stereocenters. The van der Waals surface area contributed by atoms with Crippen molar-refractivity contribution in [1.82, 2.24) is 10.6 Å². The maximum atomic E-state index is 12.7. The first-order chi connectivity index (χ1) is 14.8. The summed E-state index contributed by atoms with van der Waals surface area (Å²) in [6.07, 6.45) is 0. The Labute approximate surface area is 183 Å². The smallest absolute Gasteiger partial charge is 0.338 e. The van der Waals surface area contributed by atoms with Crippen LogP contribution in [0, 0.1) is 5.92 Å². The molecule has 0 radical (unpaired) electrons. The van der Waals surface area contributed by atoms with Gasteiger partial charge in [-0.1, -0.05) is 52.0 Å². The third kappa shape index (κ3) is 5.26. The van der Waals surface area contributed by atoms with Crippen LogP contribution in [0.4, 0.5) is 4.79 Å². The minimum Gasteiger partial charge on any atom is -0.463 e. The van der Waals surface area contributed by atoms with E-state index in [9.17, 15) is 9.59 Å². The van der Waals surface area contributed by atoms with Crippen molar-refractivity contribution in [2.75, 3.05) is 6.61 Å². The molecule has 1 heterocycles. The molecule has 6 nitrogen and oxygen atoms in total. The fourth-order valence-electron chi connectivity index (χ4n) is 3.51. The van der Waals surface area contributed by atoms with Crippen LogP contribution in [-0.4, -0.2) is 18.6 Å².